The topological polar surface area (TPSA) is 116 Å². The van der Waals surface area contributed by atoms with Crippen LogP contribution in [0.3, 0.4) is 0 Å². The molecule has 4 rings (SSSR count). The Kier molecular flexibility index (Phi) is 4.89. The highest BCUT2D eigenvalue weighted by Crippen LogP contribution is 2.37. The minimum Gasteiger partial charge on any atom is -0.495 e. The Labute approximate surface area is 177 Å². The van der Waals surface area contributed by atoms with Crippen LogP contribution in [0.4, 0.5) is 0 Å². The lowest BCUT2D eigenvalue weighted by Gasteiger charge is -2.10. The number of nitrogens with two attached hydrogens (primary N) is 1. The number of hydrogen-bond donors (Lipinski definition) is 2. The molecule has 0 saturated heterocycles. The molecule has 0 aliphatic heterocycles. The Morgan fingerprint density at radius 3 is 2.30 bits per heavy atom. The number of methoxy groups -OCH3 is 1. The first-order valence-corrected chi connectivity index (χ1v) is 10.7. The number of aromatic nitrogens is 2. The van der Waals surface area contributed by atoms with Crippen molar-refractivity contribution in [2.45, 2.75) is 4.90 Å². The van der Waals surface area contributed by atoms with E-state index in [1.165, 1.54) is 26.3 Å². The van der Waals surface area contributed by atoms with Crippen LogP contribution < -0.4 is 15.2 Å². The van der Waals surface area contributed by atoms with Gasteiger partial charge in [0.2, 0.25) is 10.0 Å². The molecule has 8 nitrogen and oxygen atoms in total. The second-order valence-electron chi connectivity index (χ2n) is 6.52. The smallest absolute Gasteiger partial charge is 0.272 e. The summed E-state index contributed by atoms with van der Waals surface area (Å²) >= 11 is 6.49. The summed E-state index contributed by atoms with van der Waals surface area (Å²) in [6.45, 7) is 0. The van der Waals surface area contributed by atoms with E-state index in [2.05, 4.69) is 10.4 Å². The van der Waals surface area contributed by atoms with Gasteiger partial charge in [-0.25, -0.2) is 18.2 Å². The number of rotatable bonds is 4. The minimum atomic E-state index is -3.83. The molecule has 0 radical (unpaired) electrons. The van der Waals surface area contributed by atoms with Gasteiger partial charge in [-0.05, 0) is 42.5 Å². The summed E-state index contributed by atoms with van der Waals surface area (Å²) in [5.74, 6) is 0.178. The third-order valence-electron chi connectivity index (χ3n) is 4.81. The Morgan fingerprint density at radius 2 is 1.70 bits per heavy atom. The maximum atomic E-state index is 12.4. The molecule has 30 heavy (non-hydrogen) atoms. The summed E-state index contributed by atoms with van der Waals surface area (Å²) in [5.41, 5.74) is 1.44. The Balaban J connectivity index is 2.07. The number of nitrogens with zero attached hydrogens (tertiary/aromatic N) is 2. The number of benzene rings is 3. The maximum absolute atomic E-state index is 12.4. The van der Waals surface area contributed by atoms with Crippen molar-refractivity contribution in [2.75, 3.05) is 14.2 Å². The van der Waals surface area contributed by atoms with Crippen LogP contribution in [0.15, 0.2) is 53.4 Å². The third kappa shape index (κ3) is 3.17. The van der Waals surface area contributed by atoms with Crippen molar-refractivity contribution >= 4 is 49.2 Å². The van der Waals surface area contributed by atoms with E-state index < -0.39 is 10.0 Å². The normalized spacial score (nSPS) is 11.7. The lowest BCUT2D eigenvalue weighted by atomic mass is 10.0. The van der Waals surface area contributed by atoms with Gasteiger partial charge in [0.15, 0.2) is 5.69 Å². The van der Waals surface area contributed by atoms with Crippen molar-refractivity contribution in [3.8, 4) is 11.4 Å². The van der Waals surface area contributed by atoms with E-state index in [9.17, 15) is 13.2 Å². The average molecular weight is 445 g/mol. The number of primary sulfonamides is 1. The summed E-state index contributed by atoms with van der Waals surface area (Å²) < 4.78 is 30.0. The molecule has 0 fully saturated rings. The van der Waals surface area contributed by atoms with E-state index in [-0.39, 0.29) is 16.5 Å². The van der Waals surface area contributed by atoms with Gasteiger partial charge < -0.3 is 10.1 Å². The Morgan fingerprint density at radius 1 is 1.07 bits per heavy atom. The second-order valence-corrected chi connectivity index (χ2v) is 8.46. The molecule has 3 N–H and O–H groups in total. The van der Waals surface area contributed by atoms with Crippen molar-refractivity contribution in [3.05, 3.63) is 59.2 Å². The predicted octanol–water partition coefficient (Wildman–Crippen LogP) is 2.85. The number of nitrogens with one attached hydrogen (secondary N) is 1. The van der Waals surface area contributed by atoms with Crippen LogP contribution in [-0.4, -0.2) is 38.3 Å². The van der Waals surface area contributed by atoms with Crippen molar-refractivity contribution < 1.29 is 17.9 Å². The molecule has 1 aromatic heterocycles. The highest BCUT2D eigenvalue weighted by atomic mass is 35.5. The number of hydrogen-bond acceptors (Lipinski definition) is 5. The first-order chi connectivity index (χ1) is 14.3. The first kappa shape index (κ1) is 20.1. The van der Waals surface area contributed by atoms with Crippen LogP contribution in [0.5, 0.6) is 5.75 Å². The number of halogens is 1. The molecule has 0 aliphatic rings. The summed E-state index contributed by atoms with van der Waals surface area (Å²) in [6.07, 6.45) is 0. The number of ether oxygens (including phenoxy) is 1. The monoisotopic (exact) mass is 444 g/mol. The van der Waals surface area contributed by atoms with Gasteiger partial charge in [0.05, 0.1) is 28.2 Å². The maximum Gasteiger partial charge on any atom is 0.272 e. The fourth-order valence-electron chi connectivity index (χ4n) is 3.36. The lowest BCUT2D eigenvalue weighted by Crippen LogP contribution is -2.18. The van der Waals surface area contributed by atoms with E-state index >= 15 is 0 Å². The van der Waals surface area contributed by atoms with Gasteiger partial charge in [-0.15, -0.1) is 0 Å². The molecule has 0 unspecified atom stereocenters. The zero-order valence-corrected chi connectivity index (χ0v) is 17.6. The van der Waals surface area contributed by atoms with E-state index in [4.69, 9.17) is 21.5 Å². The number of carbonyl (C=O) groups excluding carboxylic acids is 1. The molecule has 154 valence electrons. The zero-order valence-electron chi connectivity index (χ0n) is 16.0. The summed E-state index contributed by atoms with van der Waals surface area (Å²) in [5, 5.41) is 14.8. The van der Waals surface area contributed by atoms with Crippen molar-refractivity contribution in [1.29, 1.82) is 0 Å². The number of carbonyl (C=O) groups is 1. The molecule has 0 atom stereocenters. The van der Waals surface area contributed by atoms with Crippen molar-refractivity contribution in [1.82, 2.24) is 15.1 Å². The standard InChI is InChI=1S/C20H17ClN4O4S/c1-23-20(26)18-15-8-7-13-14(9-10-16(29-2)17(13)21)19(15)25(24-18)11-3-5-12(6-4-11)30(22,27)28/h3-10H,1-2H3,(H,23,26)(H2,22,27,28). The van der Waals surface area contributed by atoms with Gasteiger partial charge in [-0.3, -0.25) is 4.79 Å². The quantitative estimate of drug-likeness (QED) is 0.502. The van der Waals surface area contributed by atoms with E-state index in [0.717, 1.165) is 10.8 Å². The zero-order chi connectivity index (χ0) is 21.6. The third-order valence-corrected chi connectivity index (χ3v) is 6.13. The highest BCUT2D eigenvalue weighted by Gasteiger charge is 2.21. The lowest BCUT2D eigenvalue weighted by molar-refractivity contribution is 0.0959. The average Bonchev–Trinajstić information content (AvgIpc) is 3.13. The van der Waals surface area contributed by atoms with Crippen molar-refractivity contribution in [3.63, 3.8) is 0 Å². The number of amides is 1. The van der Waals surface area contributed by atoms with E-state index in [1.54, 1.807) is 28.9 Å². The summed E-state index contributed by atoms with van der Waals surface area (Å²) in [6, 6.07) is 13.1. The van der Waals surface area contributed by atoms with Gasteiger partial charge in [-0.2, -0.15) is 5.10 Å². The Hall–Kier alpha value is -3.14. The molecule has 0 spiro atoms. The minimum absolute atomic E-state index is 0.0214. The van der Waals surface area contributed by atoms with Crippen LogP contribution >= 0.6 is 11.6 Å². The number of sulfonamides is 1. The van der Waals surface area contributed by atoms with Crippen LogP contribution in [0.2, 0.25) is 5.02 Å². The SMILES string of the molecule is CNC(=O)c1nn(-c2ccc(S(N)(=O)=O)cc2)c2c1ccc1c(Cl)c(OC)ccc12. The van der Waals surface area contributed by atoms with Gasteiger partial charge in [0, 0.05) is 23.2 Å². The molecular weight excluding hydrogens is 428 g/mol. The summed E-state index contributed by atoms with van der Waals surface area (Å²) in [4.78, 5) is 12.4. The van der Waals surface area contributed by atoms with Crippen LogP contribution in [0.1, 0.15) is 10.5 Å². The van der Waals surface area contributed by atoms with E-state index in [0.29, 0.717) is 27.4 Å². The van der Waals surface area contributed by atoms with Crippen LogP contribution in [0.25, 0.3) is 27.4 Å². The van der Waals surface area contributed by atoms with Gasteiger partial charge >= 0.3 is 0 Å². The first-order valence-electron chi connectivity index (χ1n) is 8.79. The fraction of sp³-hybridized carbons (Fsp3) is 0.100. The molecule has 4 aromatic rings. The van der Waals surface area contributed by atoms with Crippen LogP contribution in [0, 0.1) is 0 Å². The van der Waals surface area contributed by atoms with Gasteiger partial charge in [-0.1, -0.05) is 17.7 Å². The molecule has 1 amide bonds. The molecule has 10 heteroatoms. The van der Waals surface area contributed by atoms with Gasteiger partial charge in [0.1, 0.15) is 5.75 Å². The molecule has 0 aliphatic carbocycles. The molecule has 3 aromatic carbocycles. The van der Waals surface area contributed by atoms with E-state index in [1.807, 2.05) is 12.1 Å². The molecule has 0 saturated carbocycles. The van der Waals surface area contributed by atoms with Gasteiger partial charge in [0.25, 0.3) is 5.91 Å². The fourth-order valence-corrected chi connectivity index (χ4v) is 4.18. The summed E-state index contributed by atoms with van der Waals surface area (Å²) in [7, 11) is -0.771. The highest BCUT2D eigenvalue weighted by molar-refractivity contribution is 7.89. The molecular formula is C20H17ClN4O4S. The largest absolute Gasteiger partial charge is 0.495 e. The van der Waals surface area contributed by atoms with Crippen LogP contribution in [-0.2, 0) is 10.0 Å². The second kappa shape index (κ2) is 7.28. The number of fused-ring (bicyclic) bond motifs is 3. The Bertz CT molecular complexity index is 1410. The molecule has 1 heterocycles. The van der Waals surface area contributed by atoms with Crippen molar-refractivity contribution in [2.24, 2.45) is 5.14 Å². The predicted molar refractivity (Wildman–Crippen MR) is 115 cm³/mol. The molecule has 0 bridgehead atoms.